The molecule has 0 saturated heterocycles. The van der Waals surface area contributed by atoms with Crippen molar-refractivity contribution in [1.82, 2.24) is 0 Å². The van der Waals surface area contributed by atoms with Crippen LogP contribution in [0, 0.1) is 0 Å². The van der Waals surface area contributed by atoms with Crippen molar-refractivity contribution < 1.29 is 9.53 Å². The highest BCUT2D eigenvalue weighted by atomic mass is 32.2. The van der Waals surface area contributed by atoms with Crippen LogP contribution in [0.3, 0.4) is 0 Å². The van der Waals surface area contributed by atoms with Crippen LogP contribution in [0.1, 0.15) is 59.3 Å². The number of hydrogen-bond donors (Lipinski definition) is 0. The summed E-state index contributed by atoms with van der Waals surface area (Å²) in [4.78, 5) is 16.4. The lowest BCUT2D eigenvalue weighted by atomic mass is 10.2. The molecule has 0 aromatic heterocycles. The van der Waals surface area contributed by atoms with Crippen LogP contribution in [0.15, 0.2) is 58.3 Å². The first kappa shape index (κ1) is 22.4. The molecule has 4 heteroatoms. The summed E-state index contributed by atoms with van der Waals surface area (Å²) in [6.45, 7) is 8.71. The number of hydrogen-bond acceptors (Lipinski definition) is 4. The van der Waals surface area contributed by atoms with Crippen molar-refractivity contribution in [2.45, 2.75) is 69.1 Å². The van der Waals surface area contributed by atoms with E-state index < -0.39 is 0 Å². The Morgan fingerprint density at radius 3 is 1.86 bits per heavy atom. The summed E-state index contributed by atoms with van der Waals surface area (Å²) >= 11 is 1.72. The third-order valence-corrected chi connectivity index (χ3v) is 5.53. The fourth-order valence-corrected chi connectivity index (χ4v) is 3.71. The molecule has 0 unspecified atom stereocenters. The normalized spacial score (nSPS) is 10.7. The van der Waals surface area contributed by atoms with E-state index >= 15 is 0 Å². The summed E-state index contributed by atoms with van der Waals surface area (Å²) in [6.07, 6.45) is 6.17. The van der Waals surface area contributed by atoms with Gasteiger partial charge in [0, 0.05) is 35.0 Å². The molecular weight excluding hydrogens is 366 g/mol. The third-order valence-electron chi connectivity index (χ3n) is 4.51. The van der Waals surface area contributed by atoms with Crippen molar-refractivity contribution in [2.75, 3.05) is 18.0 Å². The predicted molar refractivity (Wildman–Crippen MR) is 120 cm³/mol. The number of esters is 1. The largest absolute Gasteiger partial charge is 0.427 e. The van der Waals surface area contributed by atoms with Crippen LogP contribution in [0.2, 0.25) is 0 Å². The van der Waals surface area contributed by atoms with Gasteiger partial charge in [0.25, 0.3) is 0 Å². The molecule has 0 aliphatic heterocycles. The van der Waals surface area contributed by atoms with Gasteiger partial charge in [0.15, 0.2) is 0 Å². The maximum atomic E-state index is 11.6. The standard InChI is InChI=1S/C24H33NO2S/c1-4-7-18-25(19-8-5-2)20-10-14-22(15-11-20)28-23-16-12-21(13-17-23)27-24(26)9-6-3/h10-17H,4-9,18-19H2,1-3H3. The Hall–Kier alpha value is -1.94. The summed E-state index contributed by atoms with van der Waals surface area (Å²) in [7, 11) is 0. The van der Waals surface area contributed by atoms with Gasteiger partial charge in [-0.3, -0.25) is 4.79 Å². The van der Waals surface area contributed by atoms with Crippen LogP contribution >= 0.6 is 11.8 Å². The van der Waals surface area contributed by atoms with Crippen LogP contribution < -0.4 is 9.64 Å². The zero-order valence-corrected chi connectivity index (χ0v) is 18.3. The lowest BCUT2D eigenvalue weighted by molar-refractivity contribution is -0.134. The molecular formula is C24H33NO2S. The zero-order chi connectivity index (χ0) is 20.2. The highest BCUT2D eigenvalue weighted by Gasteiger charge is 2.07. The average Bonchev–Trinajstić information content (AvgIpc) is 2.70. The SMILES string of the molecule is CCCCN(CCCC)c1ccc(Sc2ccc(OC(=O)CCC)cc2)cc1. The summed E-state index contributed by atoms with van der Waals surface area (Å²) < 4.78 is 5.31. The molecule has 0 amide bonds. The third kappa shape index (κ3) is 7.59. The smallest absolute Gasteiger partial charge is 0.311 e. The van der Waals surface area contributed by atoms with Gasteiger partial charge in [-0.15, -0.1) is 0 Å². The van der Waals surface area contributed by atoms with Gasteiger partial charge in [0.05, 0.1) is 0 Å². The van der Waals surface area contributed by atoms with Crippen LogP contribution in [-0.2, 0) is 4.79 Å². The molecule has 0 bridgehead atoms. The quantitative estimate of drug-likeness (QED) is 0.285. The summed E-state index contributed by atoms with van der Waals surface area (Å²) in [5.41, 5.74) is 1.31. The Morgan fingerprint density at radius 2 is 1.36 bits per heavy atom. The Labute approximate surface area is 174 Å². The average molecular weight is 400 g/mol. The molecule has 0 fully saturated rings. The molecule has 3 nitrogen and oxygen atoms in total. The van der Waals surface area contributed by atoms with Gasteiger partial charge in [-0.1, -0.05) is 45.4 Å². The lowest BCUT2D eigenvalue weighted by Crippen LogP contribution is -2.25. The number of rotatable bonds is 12. The summed E-state index contributed by atoms with van der Waals surface area (Å²) in [5, 5.41) is 0. The van der Waals surface area contributed by atoms with E-state index in [1.165, 1.54) is 36.3 Å². The van der Waals surface area contributed by atoms with Crippen molar-refractivity contribution >= 4 is 23.4 Å². The summed E-state index contributed by atoms with van der Waals surface area (Å²) in [6, 6.07) is 16.6. The molecule has 0 aliphatic rings. The molecule has 0 saturated carbocycles. The topological polar surface area (TPSA) is 29.5 Å². The van der Waals surface area contributed by atoms with Gasteiger partial charge in [0.1, 0.15) is 5.75 Å². The molecule has 2 aromatic rings. The summed E-state index contributed by atoms with van der Waals surface area (Å²) in [5.74, 6) is 0.440. The van der Waals surface area contributed by atoms with Gasteiger partial charge in [-0.25, -0.2) is 0 Å². The van der Waals surface area contributed by atoms with Crippen molar-refractivity contribution in [2.24, 2.45) is 0 Å². The molecule has 0 spiro atoms. The lowest BCUT2D eigenvalue weighted by Gasteiger charge is -2.24. The van der Waals surface area contributed by atoms with Crippen molar-refractivity contribution in [3.05, 3.63) is 48.5 Å². The number of carbonyl (C=O) groups is 1. The molecule has 2 aromatic carbocycles. The Kier molecular flexibility index (Phi) is 9.98. The fraction of sp³-hybridized carbons (Fsp3) is 0.458. The van der Waals surface area contributed by atoms with E-state index in [0.717, 1.165) is 24.4 Å². The zero-order valence-electron chi connectivity index (χ0n) is 17.4. The highest BCUT2D eigenvalue weighted by Crippen LogP contribution is 2.30. The molecule has 2 rings (SSSR count). The monoisotopic (exact) mass is 399 g/mol. The second kappa shape index (κ2) is 12.5. The maximum Gasteiger partial charge on any atom is 0.311 e. The Balaban J connectivity index is 1.96. The van der Waals surface area contributed by atoms with E-state index in [9.17, 15) is 4.79 Å². The van der Waals surface area contributed by atoms with Crippen LogP contribution in [0.25, 0.3) is 0 Å². The Bertz CT molecular complexity index is 690. The second-order valence-electron chi connectivity index (χ2n) is 6.99. The van der Waals surface area contributed by atoms with Crippen LogP contribution in [-0.4, -0.2) is 19.1 Å². The number of benzene rings is 2. The number of nitrogens with zero attached hydrogens (tertiary/aromatic N) is 1. The predicted octanol–water partition coefficient (Wildman–Crippen LogP) is 6.95. The number of carbonyl (C=O) groups excluding carboxylic acids is 1. The van der Waals surface area contributed by atoms with E-state index in [4.69, 9.17) is 4.74 Å². The molecule has 0 aliphatic carbocycles. The first-order valence-electron chi connectivity index (χ1n) is 10.5. The number of anilines is 1. The first-order valence-corrected chi connectivity index (χ1v) is 11.3. The van der Waals surface area contributed by atoms with Crippen LogP contribution in [0.5, 0.6) is 5.75 Å². The molecule has 0 atom stereocenters. The van der Waals surface area contributed by atoms with Crippen molar-refractivity contribution in [1.29, 1.82) is 0 Å². The molecule has 152 valence electrons. The highest BCUT2D eigenvalue weighted by molar-refractivity contribution is 7.99. The minimum atomic E-state index is -0.172. The van der Waals surface area contributed by atoms with Crippen LogP contribution in [0.4, 0.5) is 5.69 Å². The van der Waals surface area contributed by atoms with E-state index in [1.807, 2.05) is 31.2 Å². The molecule has 0 N–H and O–H groups in total. The maximum absolute atomic E-state index is 11.6. The van der Waals surface area contributed by atoms with Gasteiger partial charge in [-0.2, -0.15) is 0 Å². The molecule has 0 heterocycles. The van der Waals surface area contributed by atoms with E-state index in [-0.39, 0.29) is 5.97 Å². The molecule has 0 radical (unpaired) electrons. The van der Waals surface area contributed by atoms with Crippen molar-refractivity contribution in [3.8, 4) is 5.75 Å². The minimum Gasteiger partial charge on any atom is -0.427 e. The molecule has 28 heavy (non-hydrogen) atoms. The second-order valence-corrected chi connectivity index (χ2v) is 8.13. The number of unbranched alkanes of at least 4 members (excludes halogenated alkanes) is 2. The van der Waals surface area contributed by atoms with Gasteiger partial charge in [-0.05, 0) is 67.8 Å². The van der Waals surface area contributed by atoms with E-state index in [0.29, 0.717) is 12.2 Å². The van der Waals surface area contributed by atoms with E-state index in [2.05, 4.69) is 43.0 Å². The van der Waals surface area contributed by atoms with Crippen molar-refractivity contribution in [3.63, 3.8) is 0 Å². The van der Waals surface area contributed by atoms with Gasteiger partial charge in [0.2, 0.25) is 0 Å². The fourth-order valence-electron chi connectivity index (χ4n) is 2.89. The number of ether oxygens (including phenoxy) is 1. The minimum absolute atomic E-state index is 0.172. The first-order chi connectivity index (χ1) is 13.7. The Morgan fingerprint density at radius 1 is 0.821 bits per heavy atom. The van der Waals surface area contributed by atoms with Gasteiger partial charge >= 0.3 is 5.97 Å². The van der Waals surface area contributed by atoms with E-state index in [1.54, 1.807) is 11.8 Å². The van der Waals surface area contributed by atoms with Gasteiger partial charge < -0.3 is 9.64 Å².